The lowest BCUT2D eigenvalue weighted by Gasteiger charge is -2.31. The Morgan fingerprint density at radius 1 is 0.690 bits per heavy atom. The number of pyridine rings is 1. The van der Waals surface area contributed by atoms with Gasteiger partial charge in [-0.1, -0.05) is 78.9 Å². The monoisotopic (exact) mass is 379 g/mol. The molecule has 0 atom stereocenters. The van der Waals surface area contributed by atoms with Gasteiger partial charge in [0.1, 0.15) is 0 Å². The van der Waals surface area contributed by atoms with Crippen LogP contribution in [-0.2, 0) is 13.1 Å². The van der Waals surface area contributed by atoms with Gasteiger partial charge in [0.2, 0.25) is 0 Å². The van der Waals surface area contributed by atoms with Gasteiger partial charge in [-0.15, -0.1) is 0 Å². The quantitative estimate of drug-likeness (QED) is 0.472. The number of hydrogen-bond acceptors (Lipinski definition) is 3. The summed E-state index contributed by atoms with van der Waals surface area (Å²) < 4.78 is 0. The molecule has 0 spiro atoms. The molecule has 1 saturated heterocycles. The minimum absolute atomic E-state index is 0.252. The minimum Gasteiger partial charge on any atom is -0.279 e. The van der Waals surface area contributed by atoms with Gasteiger partial charge < -0.3 is 0 Å². The van der Waals surface area contributed by atoms with Crippen molar-refractivity contribution in [3.8, 4) is 0 Å². The first-order valence-electron chi connectivity index (χ1n) is 10.3. The molecule has 3 heteroatoms. The fourth-order valence-corrected chi connectivity index (χ4v) is 4.37. The van der Waals surface area contributed by atoms with E-state index >= 15 is 0 Å². The van der Waals surface area contributed by atoms with Crippen molar-refractivity contribution in [3.63, 3.8) is 0 Å². The molecule has 3 aromatic carbocycles. The molecule has 0 bridgehead atoms. The van der Waals surface area contributed by atoms with Crippen LogP contribution >= 0.6 is 0 Å². The van der Waals surface area contributed by atoms with Crippen LogP contribution in [0.3, 0.4) is 0 Å². The zero-order chi connectivity index (χ0) is 19.5. The summed E-state index contributed by atoms with van der Waals surface area (Å²) in [4.78, 5) is 9.77. The van der Waals surface area contributed by atoms with E-state index in [1.807, 2.05) is 12.3 Å². The molecule has 4 aromatic rings. The molecule has 0 saturated carbocycles. The standard InChI is InChI=1S/C26H25N3/c1-3-8-21(9-4-1)19-28-16-17-29(20-22-10-5-2-6-11-22)26(28)24-14-13-23-12-7-15-27-25(23)18-24/h1-15,18,26H,16-17,19-20H2. The van der Waals surface area contributed by atoms with Crippen LogP contribution in [0.15, 0.2) is 97.2 Å². The number of hydrogen-bond donors (Lipinski definition) is 0. The highest BCUT2D eigenvalue weighted by Crippen LogP contribution is 2.34. The van der Waals surface area contributed by atoms with Crippen LogP contribution in [-0.4, -0.2) is 27.9 Å². The zero-order valence-corrected chi connectivity index (χ0v) is 16.5. The van der Waals surface area contributed by atoms with Gasteiger partial charge in [-0.05, 0) is 28.8 Å². The molecule has 1 aromatic heterocycles. The summed E-state index contributed by atoms with van der Waals surface area (Å²) in [5, 5.41) is 1.19. The summed E-state index contributed by atoms with van der Waals surface area (Å²) in [5.74, 6) is 0. The van der Waals surface area contributed by atoms with Gasteiger partial charge in [0, 0.05) is 37.8 Å². The fraction of sp³-hybridized carbons (Fsp3) is 0.192. The first-order chi connectivity index (χ1) is 14.4. The van der Waals surface area contributed by atoms with Crippen molar-refractivity contribution in [2.75, 3.05) is 13.1 Å². The van der Waals surface area contributed by atoms with Gasteiger partial charge in [0.25, 0.3) is 0 Å². The molecule has 2 heterocycles. The summed E-state index contributed by atoms with van der Waals surface area (Å²) in [6, 6.07) is 32.4. The third-order valence-corrected chi connectivity index (χ3v) is 5.75. The summed E-state index contributed by atoms with van der Waals surface area (Å²) in [7, 11) is 0. The summed E-state index contributed by atoms with van der Waals surface area (Å²) in [6.07, 6.45) is 2.13. The summed E-state index contributed by atoms with van der Waals surface area (Å²) in [5.41, 5.74) is 5.10. The molecule has 1 aliphatic rings. The second-order valence-corrected chi connectivity index (χ2v) is 7.74. The summed E-state index contributed by atoms with van der Waals surface area (Å²) in [6.45, 7) is 4.04. The topological polar surface area (TPSA) is 19.4 Å². The third kappa shape index (κ3) is 3.93. The van der Waals surface area contributed by atoms with Gasteiger partial charge in [0.15, 0.2) is 0 Å². The Bertz CT molecular complexity index is 1030. The van der Waals surface area contributed by atoms with E-state index in [9.17, 15) is 0 Å². The molecule has 0 N–H and O–H groups in total. The second kappa shape index (κ2) is 8.16. The zero-order valence-electron chi connectivity index (χ0n) is 16.5. The van der Waals surface area contributed by atoms with Crippen LogP contribution in [0.5, 0.6) is 0 Å². The lowest BCUT2D eigenvalue weighted by atomic mass is 10.1. The Kier molecular flexibility index (Phi) is 5.08. The van der Waals surface area contributed by atoms with Crippen LogP contribution in [0.2, 0.25) is 0 Å². The van der Waals surface area contributed by atoms with E-state index in [4.69, 9.17) is 0 Å². The highest BCUT2D eigenvalue weighted by Gasteiger charge is 2.33. The Labute approximate surface area is 172 Å². The van der Waals surface area contributed by atoms with Crippen LogP contribution in [0.4, 0.5) is 0 Å². The van der Waals surface area contributed by atoms with Gasteiger partial charge in [-0.2, -0.15) is 0 Å². The fourth-order valence-electron chi connectivity index (χ4n) is 4.37. The number of rotatable bonds is 5. The lowest BCUT2D eigenvalue weighted by molar-refractivity contribution is 0.126. The largest absolute Gasteiger partial charge is 0.279 e. The molecule has 1 fully saturated rings. The third-order valence-electron chi connectivity index (χ3n) is 5.75. The molecule has 144 valence electrons. The van der Waals surface area contributed by atoms with Crippen LogP contribution in [0.1, 0.15) is 22.9 Å². The van der Waals surface area contributed by atoms with E-state index in [-0.39, 0.29) is 6.17 Å². The van der Waals surface area contributed by atoms with Crippen molar-refractivity contribution < 1.29 is 0 Å². The molecular formula is C26H25N3. The highest BCUT2D eigenvalue weighted by molar-refractivity contribution is 5.79. The molecule has 3 nitrogen and oxygen atoms in total. The molecular weight excluding hydrogens is 354 g/mol. The van der Waals surface area contributed by atoms with Crippen molar-refractivity contribution in [2.45, 2.75) is 19.3 Å². The first-order valence-corrected chi connectivity index (χ1v) is 10.3. The smallest absolute Gasteiger partial charge is 0.0893 e. The number of nitrogens with zero attached hydrogens (tertiary/aromatic N) is 3. The maximum absolute atomic E-state index is 4.59. The average molecular weight is 380 g/mol. The molecule has 1 aliphatic heterocycles. The molecule has 5 rings (SSSR count). The van der Waals surface area contributed by atoms with E-state index in [1.54, 1.807) is 0 Å². The van der Waals surface area contributed by atoms with Gasteiger partial charge in [-0.3, -0.25) is 14.8 Å². The molecule has 29 heavy (non-hydrogen) atoms. The molecule has 0 aliphatic carbocycles. The number of benzene rings is 3. The van der Waals surface area contributed by atoms with Gasteiger partial charge >= 0.3 is 0 Å². The van der Waals surface area contributed by atoms with E-state index in [0.29, 0.717) is 0 Å². The van der Waals surface area contributed by atoms with E-state index in [0.717, 1.165) is 31.7 Å². The van der Waals surface area contributed by atoms with E-state index in [2.05, 4.69) is 99.7 Å². The van der Waals surface area contributed by atoms with E-state index < -0.39 is 0 Å². The number of aromatic nitrogens is 1. The predicted octanol–water partition coefficient (Wildman–Crippen LogP) is 5.25. The van der Waals surface area contributed by atoms with Crippen molar-refractivity contribution in [3.05, 3.63) is 114 Å². The first kappa shape index (κ1) is 18.0. The van der Waals surface area contributed by atoms with Crippen LogP contribution in [0.25, 0.3) is 10.9 Å². The molecule has 0 amide bonds. The Morgan fingerprint density at radius 2 is 1.31 bits per heavy atom. The Balaban J connectivity index is 1.49. The van der Waals surface area contributed by atoms with Crippen molar-refractivity contribution in [1.82, 2.24) is 14.8 Å². The summed E-state index contributed by atoms with van der Waals surface area (Å²) >= 11 is 0. The van der Waals surface area contributed by atoms with Crippen molar-refractivity contribution >= 4 is 10.9 Å². The van der Waals surface area contributed by atoms with E-state index in [1.165, 1.54) is 22.1 Å². The SMILES string of the molecule is c1ccc(CN2CCN(Cc3ccccc3)C2c2ccc3cccnc3c2)cc1. The Hall–Kier alpha value is -3.01. The van der Waals surface area contributed by atoms with Gasteiger partial charge in [-0.25, -0.2) is 0 Å². The maximum atomic E-state index is 4.59. The van der Waals surface area contributed by atoms with Crippen molar-refractivity contribution in [2.24, 2.45) is 0 Å². The second-order valence-electron chi connectivity index (χ2n) is 7.74. The normalized spacial score (nSPS) is 15.9. The van der Waals surface area contributed by atoms with Gasteiger partial charge in [0.05, 0.1) is 11.7 Å². The average Bonchev–Trinajstić information content (AvgIpc) is 3.16. The van der Waals surface area contributed by atoms with Crippen LogP contribution in [0, 0.1) is 0 Å². The molecule has 0 unspecified atom stereocenters. The highest BCUT2D eigenvalue weighted by atomic mass is 15.4. The number of fused-ring (bicyclic) bond motifs is 1. The van der Waals surface area contributed by atoms with Crippen LogP contribution < -0.4 is 0 Å². The predicted molar refractivity (Wildman–Crippen MR) is 118 cm³/mol. The Morgan fingerprint density at radius 3 is 1.93 bits per heavy atom. The lowest BCUT2D eigenvalue weighted by Crippen LogP contribution is -2.30. The maximum Gasteiger partial charge on any atom is 0.0893 e. The minimum atomic E-state index is 0.252. The molecule has 0 radical (unpaired) electrons. The van der Waals surface area contributed by atoms with Crippen molar-refractivity contribution in [1.29, 1.82) is 0 Å².